The minimum Gasteiger partial charge on any atom is -1.00 e. The van der Waals surface area contributed by atoms with E-state index in [4.69, 9.17) is 9.47 Å². The van der Waals surface area contributed by atoms with Crippen molar-refractivity contribution in [2.24, 2.45) is 0 Å². The largest absolute Gasteiger partial charge is 1.00 e. The number of carbonyl (C=O) groups excluding carboxylic acids is 2. The van der Waals surface area contributed by atoms with Crippen molar-refractivity contribution in [3.05, 3.63) is 59.9 Å². The maximum Gasteiger partial charge on any atom is 0.338 e. The summed E-state index contributed by atoms with van der Waals surface area (Å²) in [6.07, 6.45) is 3.38. The number of Topliss-reactive ketones (excluding diaryl/α,β-unsaturated/α-hetero) is 1. The van der Waals surface area contributed by atoms with Crippen LogP contribution in [0.1, 0.15) is 27.6 Å². The Labute approximate surface area is 141 Å². The third kappa shape index (κ3) is 5.07. The third-order valence-electron chi connectivity index (χ3n) is 3.14. The van der Waals surface area contributed by atoms with Crippen molar-refractivity contribution in [2.75, 3.05) is 13.7 Å². The molecule has 0 spiro atoms. The Kier molecular flexibility index (Phi) is 7.22. The molecule has 0 fully saturated rings. The lowest BCUT2D eigenvalue weighted by atomic mass is 10.1. The minimum absolute atomic E-state index is 0. The summed E-state index contributed by atoms with van der Waals surface area (Å²) < 4.78 is 11.7. The van der Waals surface area contributed by atoms with Crippen molar-refractivity contribution in [1.29, 1.82) is 0 Å². The number of rotatable bonds is 6. The van der Waals surface area contributed by atoms with Crippen LogP contribution in [0.2, 0.25) is 0 Å². The second kappa shape index (κ2) is 8.90. The Hall–Kier alpha value is -2.40. The van der Waals surface area contributed by atoms with E-state index in [1.165, 1.54) is 0 Å². The van der Waals surface area contributed by atoms with E-state index in [1.54, 1.807) is 67.4 Å². The van der Waals surface area contributed by atoms with Gasteiger partial charge in [0.15, 0.2) is 12.4 Å². The zero-order chi connectivity index (χ0) is 15.9. The molecule has 1 heterocycles. The van der Waals surface area contributed by atoms with Gasteiger partial charge < -0.3 is 21.9 Å². The summed E-state index contributed by atoms with van der Waals surface area (Å²) in [6, 6.07) is 10.2. The Morgan fingerprint density at radius 2 is 1.61 bits per heavy atom. The lowest BCUT2D eigenvalue weighted by Gasteiger charge is -2.02. The second-order valence-corrected chi connectivity index (χ2v) is 4.63. The molecule has 0 bridgehead atoms. The first kappa shape index (κ1) is 18.6. The van der Waals surface area contributed by atoms with Gasteiger partial charge in [-0.1, -0.05) is 0 Å². The number of hydrogen-bond acceptors (Lipinski definition) is 4. The molecule has 0 N–H and O–H groups in total. The van der Waals surface area contributed by atoms with Crippen LogP contribution >= 0.6 is 0 Å². The molecule has 2 aromatic rings. The molecule has 1 aromatic heterocycles. The number of esters is 1. The van der Waals surface area contributed by atoms with Crippen LogP contribution in [0, 0.1) is 0 Å². The van der Waals surface area contributed by atoms with Gasteiger partial charge in [0.1, 0.15) is 5.75 Å². The predicted octanol–water partition coefficient (Wildman–Crippen LogP) is -0.954. The summed E-state index contributed by atoms with van der Waals surface area (Å²) >= 11 is 0. The van der Waals surface area contributed by atoms with E-state index >= 15 is 0 Å². The van der Waals surface area contributed by atoms with Crippen LogP contribution < -0.4 is 21.7 Å². The van der Waals surface area contributed by atoms with E-state index in [-0.39, 0.29) is 30.7 Å². The molecule has 0 saturated carbocycles. The van der Waals surface area contributed by atoms with E-state index in [1.807, 2.05) is 0 Å². The summed E-state index contributed by atoms with van der Waals surface area (Å²) in [4.78, 5) is 23.7. The standard InChI is InChI=1S/C17H18NO4.ClH/c1-3-22-17(20)14-8-10-18(11-9-14)12-16(19)13-4-6-15(21-2)7-5-13;/h4-11H,3,12H2,1-2H3;1H/q+1;/p-1. The average Bonchev–Trinajstić information content (AvgIpc) is 2.55. The molecule has 0 aliphatic carbocycles. The van der Waals surface area contributed by atoms with Crippen LogP contribution in [0.15, 0.2) is 48.8 Å². The number of halogens is 1. The number of nitrogens with zero attached hydrogens (tertiary/aromatic N) is 1. The summed E-state index contributed by atoms with van der Waals surface area (Å²) in [6.45, 7) is 2.30. The number of ketones is 1. The monoisotopic (exact) mass is 335 g/mol. The van der Waals surface area contributed by atoms with E-state index in [0.29, 0.717) is 23.5 Å². The minimum atomic E-state index is -0.365. The maximum atomic E-state index is 12.2. The molecule has 0 aliphatic heterocycles. The van der Waals surface area contributed by atoms with E-state index < -0.39 is 0 Å². The lowest BCUT2D eigenvalue weighted by molar-refractivity contribution is -0.683. The topological polar surface area (TPSA) is 56.5 Å². The molecular formula is C17H18ClNO4. The Balaban J connectivity index is 0.00000264. The summed E-state index contributed by atoms with van der Waals surface area (Å²) in [5.74, 6) is 0.329. The average molecular weight is 336 g/mol. The molecule has 0 unspecified atom stereocenters. The van der Waals surface area contributed by atoms with Crippen LogP contribution in [0.5, 0.6) is 5.75 Å². The van der Waals surface area contributed by atoms with Gasteiger partial charge >= 0.3 is 5.97 Å². The zero-order valence-corrected chi connectivity index (χ0v) is 13.7. The molecular weight excluding hydrogens is 318 g/mol. The van der Waals surface area contributed by atoms with Gasteiger partial charge in [-0.25, -0.2) is 4.79 Å². The van der Waals surface area contributed by atoms with Crippen LogP contribution in [-0.2, 0) is 11.3 Å². The van der Waals surface area contributed by atoms with Gasteiger partial charge in [0.25, 0.3) is 0 Å². The van der Waals surface area contributed by atoms with Crippen molar-refractivity contribution in [2.45, 2.75) is 13.5 Å². The highest BCUT2D eigenvalue weighted by molar-refractivity contribution is 5.95. The summed E-state index contributed by atoms with van der Waals surface area (Å²) in [5.41, 5.74) is 1.08. The number of benzene rings is 1. The van der Waals surface area contributed by atoms with Gasteiger partial charge in [-0.15, -0.1) is 0 Å². The van der Waals surface area contributed by atoms with Crippen molar-refractivity contribution in [3.63, 3.8) is 0 Å². The molecule has 2 rings (SSSR count). The second-order valence-electron chi connectivity index (χ2n) is 4.63. The van der Waals surface area contributed by atoms with Crippen molar-refractivity contribution >= 4 is 11.8 Å². The first-order valence-corrected chi connectivity index (χ1v) is 6.97. The molecule has 1 aromatic carbocycles. The fourth-order valence-corrected chi connectivity index (χ4v) is 1.95. The number of aromatic nitrogens is 1. The molecule has 6 heteroatoms. The van der Waals surface area contributed by atoms with Crippen LogP contribution in [-0.4, -0.2) is 25.5 Å². The van der Waals surface area contributed by atoms with Crippen molar-refractivity contribution in [3.8, 4) is 5.75 Å². The molecule has 0 aliphatic rings. The van der Waals surface area contributed by atoms with Gasteiger partial charge in [-0.3, -0.25) is 4.79 Å². The molecule has 5 nitrogen and oxygen atoms in total. The van der Waals surface area contributed by atoms with Crippen molar-refractivity contribution in [1.82, 2.24) is 0 Å². The van der Waals surface area contributed by atoms with Gasteiger partial charge in [0, 0.05) is 17.7 Å². The van der Waals surface area contributed by atoms with E-state index in [2.05, 4.69) is 0 Å². The number of methoxy groups -OCH3 is 1. The van der Waals surface area contributed by atoms with Crippen molar-refractivity contribution < 1.29 is 36.0 Å². The summed E-state index contributed by atoms with van der Waals surface area (Å²) in [7, 11) is 1.58. The Bertz CT molecular complexity index is 653. The molecule has 0 radical (unpaired) electrons. The highest BCUT2D eigenvalue weighted by Gasteiger charge is 2.14. The Morgan fingerprint density at radius 3 is 2.13 bits per heavy atom. The molecule has 122 valence electrons. The molecule has 0 atom stereocenters. The first-order chi connectivity index (χ1) is 10.6. The van der Waals surface area contributed by atoms with Gasteiger partial charge in [0.05, 0.1) is 19.3 Å². The fourth-order valence-electron chi connectivity index (χ4n) is 1.95. The van der Waals surface area contributed by atoms with E-state index in [0.717, 1.165) is 0 Å². The van der Waals surface area contributed by atoms with Gasteiger partial charge in [0.2, 0.25) is 12.3 Å². The SMILES string of the molecule is CCOC(=O)c1cc[n+](CC(=O)c2ccc(OC)cc2)cc1.[Cl-]. The number of carbonyl (C=O) groups is 2. The molecule has 0 saturated heterocycles. The predicted molar refractivity (Wildman–Crippen MR) is 79.9 cm³/mol. The quantitative estimate of drug-likeness (QED) is 0.388. The highest BCUT2D eigenvalue weighted by atomic mass is 35.5. The van der Waals surface area contributed by atoms with Gasteiger partial charge in [-0.05, 0) is 31.2 Å². The zero-order valence-electron chi connectivity index (χ0n) is 13.0. The highest BCUT2D eigenvalue weighted by Crippen LogP contribution is 2.11. The van der Waals surface area contributed by atoms with Crippen LogP contribution in [0.25, 0.3) is 0 Å². The number of pyridine rings is 1. The summed E-state index contributed by atoms with van der Waals surface area (Å²) in [5, 5.41) is 0. The number of ether oxygens (including phenoxy) is 2. The smallest absolute Gasteiger partial charge is 0.338 e. The third-order valence-corrected chi connectivity index (χ3v) is 3.14. The molecule has 23 heavy (non-hydrogen) atoms. The lowest BCUT2D eigenvalue weighted by Crippen LogP contribution is -3.00. The number of hydrogen-bond donors (Lipinski definition) is 0. The van der Waals surface area contributed by atoms with Crippen LogP contribution in [0.4, 0.5) is 0 Å². The fraction of sp³-hybridized carbons (Fsp3) is 0.235. The normalized spacial score (nSPS) is 9.65. The van der Waals surface area contributed by atoms with Crippen LogP contribution in [0.3, 0.4) is 0 Å². The van der Waals surface area contributed by atoms with E-state index in [9.17, 15) is 9.59 Å². The Morgan fingerprint density at radius 1 is 1.00 bits per heavy atom. The first-order valence-electron chi connectivity index (χ1n) is 6.97. The maximum absolute atomic E-state index is 12.2. The van der Waals surface area contributed by atoms with Gasteiger partial charge in [-0.2, -0.15) is 4.57 Å². The molecule has 0 amide bonds.